The number of hydrogen-bond acceptors (Lipinski definition) is 5. The lowest BCUT2D eigenvalue weighted by molar-refractivity contribution is 0.0785. The number of carbonyl (C=O) groups excluding carboxylic acids is 1. The lowest BCUT2D eigenvalue weighted by atomic mass is 9.88. The first-order valence-corrected chi connectivity index (χ1v) is 10.8. The second kappa shape index (κ2) is 9.20. The van der Waals surface area contributed by atoms with Crippen molar-refractivity contribution >= 4 is 34.9 Å². The maximum absolute atomic E-state index is 13.2. The van der Waals surface area contributed by atoms with Crippen molar-refractivity contribution in [2.75, 3.05) is 31.6 Å². The third-order valence-corrected chi connectivity index (χ3v) is 6.14. The van der Waals surface area contributed by atoms with Crippen LogP contribution in [0.25, 0.3) is 0 Å². The summed E-state index contributed by atoms with van der Waals surface area (Å²) in [5.74, 6) is 1.24. The van der Waals surface area contributed by atoms with Gasteiger partial charge in [0.1, 0.15) is 5.82 Å². The van der Waals surface area contributed by atoms with Crippen LogP contribution in [-0.2, 0) is 0 Å². The Hall–Kier alpha value is -2.70. The second-order valence-electron chi connectivity index (χ2n) is 7.93. The average molecular weight is 456 g/mol. The molecule has 1 aliphatic heterocycles. The van der Waals surface area contributed by atoms with E-state index < -0.39 is 0 Å². The van der Waals surface area contributed by atoms with Crippen LogP contribution in [-0.4, -0.2) is 52.7 Å². The van der Waals surface area contributed by atoms with E-state index in [1.165, 1.54) is 11.8 Å². The van der Waals surface area contributed by atoms with Gasteiger partial charge in [-0.2, -0.15) is 10.2 Å². The summed E-state index contributed by atoms with van der Waals surface area (Å²) in [6.07, 6.45) is 3.18. The minimum Gasteiger partial charge on any atom is -0.359 e. The standard InChI is InChI=1S/C23H23Cl2N5O/c1-15-9-17(10-27-28-15)23(31)30-13-18(12-29(2)22-8-7-20(25)11-26-22)21(14-30)16-3-5-19(24)6-4-16/h3-11,18,21H,12-14H2,1-2H3/t18-,21-/m1/s1. The first-order valence-electron chi connectivity index (χ1n) is 10.1. The molecule has 3 aromatic rings. The Bertz CT molecular complexity index is 1060. The number of aryl methyl sites for hydroxylation is 1. The van der Waals surface area contributed by atoms with Gasteiger partial charge in [0.15, 0.2) is 0 Å². The molecule has 0 unspecified atom stereocenters. The van der Waals surface area contributed by atoms with Crippen LogP contribution in [0.5, 0.6) is 0 Å². The quantitative estimate of drug-likeness (QED) is 0.567. The predicted octanol–water partition coefficient (Wildman–Crippen LogP) is 4.48. The molecule has 0 saturated carbocycles. The van der Waals surface area contributed by atoms with Gasteiger partial charge in [-0.3, -0.25) is 4.79 Å². The number of halogens is 2. The molecule has 0 N–H and O–H groups in total. The number of anilines is 1. The van der Waals surface area contributed by atoms with Gasteiger partial charge in [-0.25, -0.2) is 4.98 Å². The first kappa shape index (κ1) is 21.5. The number of amides is 1. The van der Waals surface area contributed by atoms with Crippen molar-refractivity contribution < 1.29 is 4.79 Å². The van der Waals surface area contributed by atoms with Gasteiger partial charge in [0.2, 0.25) is 0 Å². The number of hydrogen-bond donors (Lipinski definition) is 0. The Morgan fingerprint density at radius 1 is 1.10 bits per heavy atom. The molecule has 0 radical (unpaired) electrons. The molecule has 3 heterocycles. The molecular formula is C23H23Cl2N5O. The molecule has 0 bridgehead atoms. The fourth-order valence-corrected chi connectivity index (χ4v) is 4.36. The SMILES string of the molecule is Cc1cc(C(=O)N2C[C@@H](CN(C)c3ccc(Cl)cn3)[C@@H](c3ccc(Cl)cc3)C2)cnn1. The van der Waals surface area contributed by atoms with Gasteiger partial charge in [0.25, 0.3) is 5.91 Å². The topological polar surface area (TPSA) is 62.2 Å². The molecule has 1 aromatic carbocycles. The predicted molar refractivity (Wildman–Crippen MR) is 123 cm³/mol. The highest BCUT2D eigenvalue weighted by molar-refractivity contribution is 6.30. The molecule has 6 nitrogen and oxygen atoms in total. The largest absolute Gasteiger partial charge is 0.359 e. The van der Waals surface area contributed by atoms with E-state index in [-0.39, 0.29) is 17.7 Å². The van der Waals surface area contributed by atoms with Gasteiger partial charge in [0.05, 0.1) is 22.5 Å². The van der Waals surface area contributed by atoms with Crippen LogP contribution >= 0.6 is 23.2 Å². The molecule has 0 aliphatic carbocycles. The van der Waals surface area contributed by atoms with Crippen LogP contribution in [0.3, 0.4) is 0 Å². The van der Waals surface area contributed by atoms with Gasteiger partial charge in [0, 0.05) is 49.7 Å². The van der Waals surface area contributed by atoms with Gasteiger partial charge in [-0.1, -0.05) is 35.3 Å². The summed E-state index contributed by atoms with van der Waals surface area (Å²) in [5, 5.41) is 9.20. The molecule has 31 heavy (non-hydrogen) atoms. The molecule has 1 saturated heterocycles. The highest BCUT2D eigenvalue weighted by Gasteiger charge is 2.37. The van der Waals surface area contributed by atoms with Crippen molar-refractivity contribution in [3.63, 3.8) is 0 Å². The summed E-state index contributed by atoms with van der Waals surface area (Å²) in [6.45, 7) is 3.86. The maximum atomic E-state index is 13.2. The van der Waals surface area contributed by atoms with Crippen molar-refractivity contribution in [1.29, 1.82) is 0 Å². The molecule has 160 valence electrons. The molecule has 1 aliphatic rings. The van der Waals surface area contributed by atoms with Gasteiger partial charge < -0.3 is 9.80 Å². The van der Waals surface area contributed by atoms with Crippen LogP contribution in [0.15, 0.2) is 54.9 Å². The van der Waals surface area contributed by atoms with E-state index in [2.05, 4.69) is 20.1 Å². The minimum absolute atomic E-state index is 0.0215. The monoisotopic (exact) mass is 455 g/mol. The Labute approximate surface area is 191 Å². The number of nitrogens with zero attached hydrogens (tertiary/aromatic N) is 5. The number of rotatable bonds is 5. The summed E-state index contributed by atoms with van der Waals surface area (Å²) in [7, 11) is 2.01. The van der Waals surface area contributed by atoms with Crippen molar-refractivity contribution in [1.82, 2.24) is 20.1 Å². The van der Waals surface area contributed by atoms with E-state index in [0.717, 1.165) is 18.1 Å². The Balaban J connectivity index is 1.58. The van der Waals surface area contributed by atoms with E-state index in [0.29, 0.717) is 28.7 Å². The number of likely N-dealkylation sites (tertiary alicyclic amines) is 1. The third kappa shape index (κ3) is 4.97. The van der Waals surface area contributed by atoms with Gasteiger partial charge >= 0.3 is 0 Å². The van der Waals surface area contributed by atoms with E-state index in [1.807, 2.05) is 55.3 Å². The summed E-state index contributed by atoms with van der Waals surface area (Å²) < 4.78 is 0. The fraction of sp³-hybridized carbons (Fsp3) is 0.304. The van der Waals surface area contributed by atoms with Gasteiger partial charge in [-0.05, 0) is 42.8 Å². The zero-order valence-corrected chi connectivity index (χ0v) is 18.9. The van der Waals surface area contributed by atoms with Crippen LogP contribution in [0.2, 0.25) is 10.0 Å². The molecular weight excluding hydrogens is 433 g/mol. The van der Waals surface area contributed by atoms with Crippen molar-refractivity contribution in [3.8, 4) is 0 Å². The van der Waals surface area contributed by atoms with E-state index in [9.17, 15) is 4.79 Å². The first-order chi connectivity index (χ1) is 14.9. The number of aromatic nitrogens is 3. The van der Waals surface area contributed by atoms with E-state index >= 15 is 0 Å². The molecule has 1 amide bonds. The molecule has 0 spiro atoms. The summed E-state index contributed by atoms with van der Waals surface area (Å²) in [6, 6.07) is 13.4. The Morgan fingerprint density at radius 2 is 1.84 bits per heavy atom. The van der Waals surface area contributed by atoms with Gasteiger partial charge in [-0.15, -0.1) is 0 Å². The number of pyridine rings is 1. The number of benzene rings is 1. The molecule has 4 rings (SSSR count). The highest BCUT2D eigenvalue weighted by atomic mass is 35.5. The van der Waals surface area contributed by atoms with Crippen molar-refractivity contribution in [2.24, 2.45) is 5.92 Å². The smallest absolute Gasteiger partial charge is 0.255 e. The molecule has 8 heteroatoms. The fourth-order valence-electron chi connectivity index (χ4n) is 4.12. The average Bonchev–Trinajstić information content (AvgIpc) is 3.18. The third-order valence-electron chi connectivity index (χ3n) is 5.66. The van der Waals surface area contributed by atoms with E-state index in [1.54, 1.807) is 12.3 Å². The minimum atomic E-state index is -0.0215. The van der Waals surface area contributed by atoms with Crippen molar-refractivity contribution in [3.05, 3.63) is 81.7 Å². The summed E-state index contributed by atoms with van der Waals surface area (Å²) in [4.78, 5) is 21.6. The van der Waals surface area contributed by atoms with Crippen LogP contribution in [0, 0.1) is 12.8 Å². The molecule has 2 atom stereocenters. The summed E-state index contributed by atoms with van der Waals surface area (Å²) in [5.41, 5.74) is 2.46. The normalized spacial score (nSPS) is 18.3. The Morgan fingerprint density at radius 3 is 2.52 bits per heavy atom. The lowest BCUT2D eigenvalue weighted by Gasteiger charge is -2.26. The van der Waals surface area contributed by atoms with Crippen LogP contribution in [0.4, 0.5) is 5.82 Å². The van der Waals surface area contributed by atoms with Crippen LogP contribution < -0.4 is 4.90 Å². The van der Waals surface area contributed by atoms with Crippen LogP contribution in [0.1, 0.15) is 27.5 Å². The zero-order valence-electron chi connectivity index (χ0n) is 17.4. The summed E-state index contributed by atoms with van der Waals surface area (Å²) >= 11 is 12.1. The van der Waals surface area contributed by atoms with Crippen molar-refractivity contribution in [2.45, 2.75) is 12.8 Å². The lowest BCUT2D eigenvalue weighted by Crippen LogP contribution is -2.32. The number of carbonyl (C=O) groups is 1. The highest BCUT2D eigenvalue weighted by Crippen LogP contribution is 2.35. The van der Waals surface area contributed by atoms with E-state index in [4.69, 9.17) is 23.2 Å². The molecule has 2 aromatic heterocycles. The molecule has 1 fully saturated rings. The maximum Gasteiger partial charge on any atom is 0.255 e. The Kier molecular flexibility index (Phi) is 6.39. The second-order valence-corrected chi connectivity index (χ2v) is 8.80. The zero-order chi connectivity index (χ0) is 22.0.